The number of nitrogens with one attached hydrogen (secondary N) is 2. The Labute approximate surface area is 95.0 Å². The molecule has 0 aliphatic rings. The molecule has 86 valence electrons. The fraction of sp³-hybridized carbons (Fsp3) is 0.417. The van der Waals surface area contributed by atoms with Crippen molar-refractivity contribution in [1.82, 2.24) is 15.4 Å². The second-order valence-electron chi connectivity index (χ2n) is 4.15. The summed E-state index contributed by atoms with van der Waals surface area (Å²) >= 11 is 0. The fourth-order valence-corrected chi connectivity index (χ4v) is 1.62. The van der Waals surface area contributed by atoms with Gasteiger partial charge in [-0.2, -0.15) is 5.48 Å². The van der Waals surface area contributed by atoms with Crippen LogP contribution >= 0.6 is 0 Å². The number of nitrogens with zero attached hydrogens (tertiary/aromatic N) is 1. The molecule has 2 aromatic rings. The van der Waals surface area contributed by atoms with E-state index in [4.69, 9.17) is 4.84 Å². The topological polar surface area (TPSA) is 49.9 Å². The molecule has 0 saturated heterocycles. The van der Waals surface area contributed by atoms with Gasteiger partial charge >= 0.3 is 0 Å². The molecule has 4 nitrogen and oxygen atoms in total. The van der Waals surface area contributed by atoms with Crippen LogP contribution in [0.1, 0.15) is 31.2 Å². The van der Waals surface area contributed by atoms with Crippen molar-refractivity contribution in [3.05, 3.63) is 29.6 Å². The van der Waals surface area contributed by atoms with E-state index in [2.05, 4.69) is 41.4 Å². The molecule has 0 fully saturated rings. The first-order valence-corrected chi connectivity index (χ1v) is 5.45. The van der Waals surface area contributed by atoms with Gasteiger partial charge in [-0.1, -0.05) is 19.9 Å². The van der Waals surface area contributed by atoms with Gasteiger partial charge in [0.2, 0.25) is 0 Å². The molecule has 0 aliphatic carbocycles. The predicted octanol–water partition coefficient (Wildman–Crippen LogP) is 2.34. The summed E-state index contributed by atoms with van der Waals surface area (Å²) in [6.07, 6.45) is 0. The van der Waals surface area contributed by atoms with E-state index in [0.29, 0.717) is 12.5 Å². The van der Waals surface area contributed by atoms with E-state index in [-0.39, 0.29) is 0 Å². The summed E-state index contributed by atoms with van der Waals surface area (Å²) in [7, 11) is 1.62. The summed E-state index contributed by atoms with van der Waals surface area (Å²) in [6.45, 7) is 4.96. The van der Waals surface area contributed by atoms with Crippen molar-refractivity contribution in [3.8, 4) is 0 Å². The van der Waals surface area contributed by atoms with Crippen LogP contribution in [0.3, 0.4) is 0 Å². The maximum Gasteiger partial charge on any atom is 0.109 e. The molecule has 0 spiro atoms. The quantitative estimate of drug-likeness (QED) is 0.776. The number of H-pyrrole nitrogens is 1. The van der Waals surface area contributed by atoms with Crippen molar-refractivity contribution < 1.29 is 4.84 Å². The first-order chi connectivity index (χ1) is 7.70. The number of fused-ring (bicyclic) bond motifs is 1. The van der Waals surface area contributed by atoms with E-state index in [1.165, 1.54) is 5.56 Å². The Bertz CT molecular complexity index is 476. The highest BCUT2D eigenvalue weighted by atomic mass is 16.6. The molecule has 0 saturated carbocycles. The molecular formula is C12H17N3O. The largest absolute Gasteiger partial charge is 0.342 e. The van der Waals surface area contributed by atoms with Gasteiger partial charge in [-0.25, -0.2) is 4.98 Å². The number of benzene rings is 1. The SMILES string of the molecule is CONCc1ccc2nc(C(C)C)[nH]c2c1. The Morgan fingerprint density at radius 1 is 1.44 bits per heavy atom. The normalized spacial score (nSPS) is 11.5. The predicted molar refractivity (Wildman–Crippen MR) is 64.0 cm³/mol. The summed E-state index contributed by atoms with van der Waals surface area (Å²) < 4.78 is 0. The molecule has 2 rings (SSSR count). The third-order valence-corrected chi connectivity index (χ3v) is 2.53. The van der Waals surface area contributed by atoms with Crippen molar-refractivity contribution in [3.63, 3.8) is 0 Å². The van der Waals surface area contributed by atoms with Crippen LogP contribution in [0.2, 0.25) is 0 Å². The van der Waals surface area contributed by atoms with Gasteiger partial charge in [0.15, 0.2) is 0 Å². The van der Waals surface area contributed by atoms with Crippen LogP contribution in [0, 0.1) is 0 Å². The van der Waals surface area contributed by atoms with E-state index in [1.807, 2.05) is 6.07 Å². The van der Waals surface area contributed by atoms with Crippen molar-refractivity contribution in [2.45, 2.75) is 26.3 Å². The second kappa shape index (κ2) is 4.63. The van der Waals surface area contributed by atoms with Gasteiger partial charge in [-0.3, -0.25) is 0 Å². The fourth-order valence-electron chi connectivity index (χ4n) is 1.62. The molecule has 0 unspecified atom stereocenters. The van der Waals surface area contributed by atoms with Crippen LogP contribution in [0.5, 0.6) is 0 Å². The van der Waals surface area contributed by atoms with Gasteiger partial charge in [0.05, 0.1) is 18.1 Å². The van der Waals surface area contributed by atoms with E-state index >= 15 is 0 Å². The summed E-state index contributed by atoms with van der Waals surface area (Å²) in [4.78, 5) is 12.7. The number of hydroxylamine groups is 1. The zero-order valence-corrected chi connectivity index (χ0v) is 9.87. The summed E-state index contributed by atoms with van der Waals surface area (Å²) in [6, 6.07) is 6.18. The first-order valence-electron chi connectivity index (χ1n) is 5.45. The molecule has 0 bridgehead atoms. The molecule has 2 N–H and O–H groups in total. The Kier molecular flexibility index (Phi) is 3.22. The second-order valence-corrected chi connectivity index (χ2v) is 4.15. The summed E-state index contributed by atoms with van der Waals surface area (Å²) in [5.74, 6) is 1.46. The number of rotatable bonds is 4. The molecule has 1 aromatic heterocycles. The summed E-state index contributed by atoms with van der Waals surface area (Å²) in [5, 5.41) is 0. The highest BCUT2D eigenvalue weighted by Crippen LogP contribution is 2.18. The minimum atomic E-state index is 0.424. The Hall–Kier alpha value is -1.39. The van der Waals surface area contributed by atoms with Gasteiger partial charge in [0, 0.05) is 12.5 Å². The maximum atomic E-state index is 4.83. The lowest BCUT2D eigenvalue weighted by Gasteiger charge is -2.01. The monoisotopic (exact) mass is 219 g/mol. The van der Waals surface area contributed by atoms with Crippen LogP contribution in [0.25, 0.3) is 11.0 Å². The zero-order chi connectivity index (χ0) is 11.5. The molecular weight excluding hydrogens is 202 g/mol. The number of aromatic nitrogens is 2. The average molecular weight is 219 g/mol. The smallest absolute Gasteiger partial charge is 0.109 e. The number of hydrogen-bond acceptors (Lipinski definition) is 3. The first kappa shape index (κ1) is 11.1. The van der Waals surface area contributed by atoms with E-state index < -0.39 is 0 Å². The molecule has 0 aliphatic heterocycles. The molecule has 1 heterocycles. The molecule has 16 heavy (non-hydrogen) atoms. The Morgan fingerprint density at radius 2 is 2.25 bits per heavy atom. The zero-order valence-electron chi connectivity index (χ0n) is 9.87. The van der Waals surface area contributed by atoms with Crippen molar-refractivity contribution in [2.24, 2.45) is 0 Å². The minimum absolute atomic E-state index is 0.424. The van der Waals surface area contributed by atoms with Crippen molar-refractivity contribution in [2.75, 3.05) is 7.11 Å². The van der Waals surface area contributed by atoms with Gasteiger partial charge in [0.1, 0.15) is 5.82 Å². The average Bonchev–Trinajstić information content (AvgIpc) is 2.69. The third kappa shape index (κ3) is 2.23. The third-order valence-electron chi connectivity index (χ3n) is 2.53. The molecule has 0 radical (unpaired) electrons. The molecule has 4 heteroatoms. The lowest BCUT2D eigenvalue weighted by atomic mass is 10.2. The lowest BCUT2D eigenvalue weighted by Crippen LogP contribution is -2.10. The lowest BCUT2D eigenvalue weighted by molar-refractivity contribution is 0.0867. The Balaban J connectivity index is 2.30. The van der Waals surface area contributed by atoms with Crippen LogP contribution in [0.4, 0.5) is 0 Å². The van der Waals surface area contributed by atoms with Gasteiger partial charge < -0.3 is 9.82 Å². The van der Waals surface area contributed by atoms with Gasteiger partial charge in [-0.05, 0) is 17.7 Å². The van der Waals surface area contributed by atoms with E-state index in [0.717, 1.165) is 16.9 Å². The Morgan fingerprint density at radius 3 is 2.94 bits per heavy atom. The van der Waals surface area contributed by atoms with Crippen LogP contribution in [-0.4, -0.2) is 17.1 Å². The number of imidazole rings is 1. The van der Waals surface area contributed by atoms with Crippen LogP contribution in [0.15, 0.2) is 18.2 Å². The van der Waals surface area contributed by atoms with E-state index in [9.17, 15) is 0 Å². The highest BCUT2D eigenvalue weighted by molar-refractivity contribution is 5.75. The van der Waals surface area contributed by atoms with Crippen molar-refractivity contribution in [1.29, 1.82) is 0 Å². The van der Waals surface area contributed by atoms with Crippen LogP contribution < -0.4 is 5.48 Å². The number of hydrogen-bond donors (Lipinski definition) is 2. The molecule has 0 amide bonds. The maximum absolute atomic E-state index is 4.83. The molecule has 0 atom stereocenters. The molecule has 1 aromatic carbocycles. The highest BCUT2D eigenvalue weighted by Gasteiger charge is 2.06. The van der Waals surface area contributed by atoms with Gasteiger partial charge in [0.25, 0.3) is 0 Å². The van der Waals surface area contributed by atoms with Gasteiger partial charge in [-0.15, -0.1) is 0 Å². The van der Waals surface area contributed by atoms with Crippen LogP contribution in [-0.2, 0) is 11.4 Å². The van der Waals surface area contributed by atoms with E-state index in [1.54, 1.807) is 7.11 Å². The standard InChI is InChI=1S/C12H17N3O/c1-8(2)12-14-10-5-4-9(7-13-16-3)6-11(10)15-12/h4-6,8,13H,7H2,1-3H3,(H,14,15). The minimum Gasteiger partial charge on any atom is -0.342 e. The summed E-state index contributed by atoms with van der Waals surface area (Å²) in [5.41, 5.74) is 6.10. The number of aromatic amines is 1. The van der Waals surface area contributed by atoms with Crippen molar-refractivity contribution >= 4 is 11.0 Å².